The van der Waals surface area contributed by atoms with Crippen LogP contribution >= 0.6 is 19.3 Å². The van der Waals surface area contributed by atoms with Crippen molar-refractivity contribution in [1.82, 2.24) is 0 Å². The van der Waals surface area contributed by atoms with Gasteiger partial charge < -0.3 is 4.52 Å². The van der Waals surface area contributed by atoms with Crippen LogP contribution in [0.2, 0.25) is 5.02 Å². The topological polar surface area (TPSA) is 47.6 Å². The molecular weight excluding hydrogens is 366 g/mol. The van der Waals surface area contributed by atoms with Crippen molar-refractivity contribution in [3.05, 3.63) is 59.1 Å². The average molecular weight is 380 g/mol. The molecule has 0 saturated heterocycles. The molecule has 0 radical (unpaired) electrons. The average Bonchev–Trinajstić information content (AvgIpc) is 2.50. The minimum absolute atomic E-state index is 0.0597. The van der Waals surface area contributed by atoms with Gasteiger partial charge in [0.2, 0.25) is 0 Å². The Labute approximate surface area is 142 Å². The van der Waals surface area contributed by atoms with Crippen molar-refractivity contribution in [3.63, 3.8) is 0 Å². The lowest BCUT2D eigenvalue weighted by Crippen LogP contribution is -2.19. The van der Waals surface area contributed by atoms with Crippen LogP contribution in [0.25, 0.3) is 0 Å². The Balaban J connectivity index is 2.20. The lowest BCUT2D eigenvalue weighted by atomic mass is 10.2. The van der Waals surface area contributed by atoms with Crippen molar-refractivity contribution in [2.45, 2.75) is 13.1 Å². The Morgan fingerprint density at radius 2 is 1.67 bits per heavy atom. The van der Waals surface area contributed by atoms with Gasteiger partial charge in [-0.3, -0.25) is 9.61 Å². The fourth-order valence-corrected chi connectivity index (χ4v) is 3.13. The lowest BCUT2D eigenvalue weighted by Gasteiger charge is -2.21. The van der Waals surface area contributed by atoms with Crippen LogP contribution in [0, 0.1) is 6.92 Å². The predicted octanol–water partition coefficient (Wildman–Crippen LogP) is 5.83. The number of benzene rings is 2. The van der Waals surface area contributed by atoms with E-state index in [-0.39, 0.29) is 5.75 Å². The molecule has 0 spiro atoms. The van der Waals surface area contributed by atoms with Crippen LogP contribution in [-0.2, 0) is 9.09 Å². The summed E-state index contributed by atoms with van der Waals surface area (Å²) in [5.74, 6) is 0.0597. The number of hydrogen-bond donors (Lipinski definition) is 1. The molecule has 0 heterocycles. The molecule has 1 N–H and O–H groups in total. The molecule has 2 aromatic carbocycles. The third kappa shape index (κ3) is 6.07. The maximum atomic E-state index is 12.7. The van der Waals surface area contributed by atoms with Gasteiger partial charge >= 0.3 is 13.9 Å². The van der Waals surface area contributed by atoms with Gasteiger partial charge in [-0.2, -0.15) is 13.2 Å². The van der Waals surface area contributed by atoms with E-state index in [0.717, 1.165) is 5.56 Å². The highest BCUT2D eigenvalue weighted by molar-refractivity contribution is 7.55. The molecule has 0 bridgehead atoms. The van der Waals surface area contributed by atoms with Crippen molar-refractivity contribution in [1.29, 1.82) is 0 Å². The summed E-state index contributed by atoms with van der Waals surface area (Å²) in [7, 11) is -4.30. The van der Waals surface area contributed by atoms with E-state index < -0.39 is 20.5 Å². The van der Waals surface area contributed by atoms with Crippen LogP contribution < -0.4 is 9.61 Å². The summed E-state index contributed by atoms with van der Waals surface area (Å²) in [5, 5.41) is 2.80. The molecular formula is C15H14ClF3NO3P. The van der Waals surface area contributed by atoms with E-state index in [2.05, 4.69) is 9.61 Å². The third-order valence-corrected chi connectivity index (χ3v) is 4.46. The molecule has 0 unspecified atom stereocenters. The summed E-state index contributed by atoms with van der Waals surface area (Å²) in [5.41, 5.74) is 1.24. The minimum atomic E-state index is -4.64. The molecule has 24 heavy (non-hydrogen) atoms. The molecule has 0 saturated carbocycles. The SMILES string of the molecule is Cc1ccc(N[P@](=O)(OCC(F)(F)F)Oc2ccc(Cl)cc2)cc1. The standard InChI is InChI=1S/C15H14ClF3NO3P/c1-11-2-6-13(7-3-11)20-24(21,22-10-15(17,18)19)23-14-8-4-12(16)5-9-14/h2-9H,10H2,1H3,(H,20,21)/t24-/m0/s1. The van der Waals surface area contributed by atoms with E-state index in [1.807, 2.05) is 6.92 Å². The molecule has 0 fully saturated rings. The Morgan fingerprint density at radius 3 is 2.21 bits per heavy atom. The molecule has 4 nitrogen and oxygen atoms in total. The second-order valence-electron chi connectivity index (χ2n) is 4.91. The number of aryl methyl sites for hydroxylation is 1. The fraction of sp³-hybridized carbons (Fsp3) is 0.200. The van der Waals surface area contributed by atoms with Crippen molar-refractivity contribution in [2.24, 2.45) is 0 Å². The first-order valence-electron chi connectivity index (χ1n) is 6.77. The van der Waals surface area contributed by atoms with E-state index in [1.165, 1.54) is 24.3 Å². The van der Waals surface area contributed by atoms with Crippen molar-refractivity contribution >= 4 is 25.0 Å². The first-order chi connectivity index (χ1) is 11.2. The monoisotopic (exact) mass is 379 g/mol. The Bertz CT molecular complexity index is 669. The highest BCUT2D eigenvalue weighted by atomic mass is 35.5. The van der Waals surface area contributed by atoms with Crippen molar-refractivity contribution in [3.8, 4) is 5.75 Å². The van der Waals surface area contributed by atoms with Crippen molar-refractivity contribution < 1.29 is 26.8 Å². The summed E-state index contributed by atoms with van der Waals surface area (Å²) >= 11 is 5.73. The molecule has 2 rings (SSSR count). The van der Waals surface area contributed by atoms with E-state index >= 15 is 0 Å². The van der Waals surface area contributed by atoms with Crippen LogP contribution in [0.3, 0.4) is 0 Å². The smallest absolute Gasteiger partial charge is 0.409 e. The largest absolute Gasteiger partial charge is 0.486 e. The van der Waals surface area contributed by atoms with Crippen LogP contribution in [0.1, 0.15) is 5.56 Å². The first kappa shape index (κ1) is 18.6. The zero-order valence-electron chi connectivity index (χ0n) is 12.5. The summed E-state index contributed by atoms with van der Waals surface area (Å²) < 4.78 is 59.6. The number of halogens is 4. The molecule has 0 amide bonds. The van der Waals surface area contributed by atoms with E-state index in [9.17, 15) is 17.7 Å². The van der Waals surface area contributed by atoms with E-state index in [4.69, 9.17) is 16.1 Å². The van der Waals surface area contributed by atoms with Gasteiger partial charge in [-0.05, 0) is 43.3 Å². The molecule has 1 atom stereocenters. The number of hydrogen-bond acceptors (Lipinski definition) is 3. The van der Waals surface area contributed by atoms with Gasteiger partial charge in [-0.1, -0.05) is 29.3 Å². The third-order valence-electron chi connectivity index (χ3n) is 2.75. The zero-order valence-corrected chi connectivity index (χ0v) is 14.2. The van der Waals surface area contributed by atoms with Gasteiger partial charge in [0.1, 0.15) is 5.75 Å². The Kier molecular flexibility index (Phi) is 5.80. The lowest BCUT2D eigenvalue weighted by molar-refractivity contribution is -0.154. The van der Waals surface area contributed by atoms with E-state index in [1.54, 1.807) is 24.3 Å². The Hall–Kier alpha value is -1.69. The molecule has 9 heteroatoms. The predicted molar refractivity (Wildman–Crippen MR) is 86.5 cm³/mol. The van der Waals surface area contributed by atoms with Gasteiger partial charge in [0.15, 0.2) is 6.61 Å². The highest BCUT2D eigenvalue weighted by Gasteiger charge is 2.36. The number of alkyl halides is 3. The molecule has 0 aromatic heterocycles. The minimum Gasteiger partial charge on any atom is -0.409 e. The van der Waals surface area contributed by atoms with Crippen LogP contribution in [0.15, 0.2) is 48.5 Å². The normalized spacial score (nSPS) is 14.0. The summed E-state index contributed by atoms with van der Waals surface area (Å²) in [4.78, 5) is 0. The van der Waals surface area contributed by atoms with Crippen molar-refractivity contribution in [2.75, 3.05) is 11.7 Å². The molecule has 0 aliphatic carbocycles. The second-order valence-corrected chi connectivity index (χ2v) is 7.00. The van der Waals surface area contributed by atoms with Crippen LogP contribution in [0.4, 0.5) is 18.9 Å². The van der Waals surface area contributed by atoms with Gasteiger partial charge in [-0.25, -0.2) is 4.57 Å². The first-order valence-corrected chi connectivity index (χ1v) is 8.69. The van der Waals surface area contributed by atoms with Gasteiger partial charge in [0.05, 0.1) is 0 Å². The fourth-order valence-electron chi connectivity index (χ4n) is 1.66. The van der Waals surface area contributed by atoms with Crippen LogP contribution in [-0.4, -0.2) is 12.8 Å². The maximum Gasteiger partial charge on any atom is 0.486 e. The molecule has 2 aromatic rings. The number of nitrogens with one attached hydrogen (secondary N) is 1. The highest BCUT2D eigenvalue weighted by Crippen LogP contribution is 2.49. The quantitative estimate of drug-likeness (QED) is 0.642. The number of rotatable bonds is 6. The van der Waals surface area contributed by atoms with E-state index in [0.29, 0.717) is 10.7 Å². The maximum absolute atomic E-state index is 12.7. The number of anilines is 1. The summed E-state index contributed by atoms with van der Waals surface area (Å²) in [6, 6.07) is 12.2. The van der Waals surface area contributed by atoms with Gasteiger partial charge in [0.25, 0.3) is 0 Å². The van der Waals surface area contributed by atoms with Gasteiger partial charge in [0, 0.05) is 10.7 Å². The van der Waals surface area contributed by atoms with Gasteiger partial charge in [-0.15, -0.1) is 0 Å². The zero-order chi connectivity index (χ0) is 17.8. The Morgan fingerprint density at radius 1 is 1.08 bits per heavy atom. The summed E-state index contributed by atoms with van der Waals surface area (Å²) in [6.07, 6.45) is -4.64. The molecule has 0 aliphatic heterocycles. The van der Waals surface area contributed by atoms with Crippen LogP contribution in [0.5, 0.6) is 5.75 Å². The molecule has 130 valence electrons. The summed E-state index contributed by atoms with van der Waals surface area (Å²) in [6.45, 7) is 0.129. The molecule has 0 aliphatic rings. The second kappa shape index (κ2) is 7.47.